The molecule has 0 radical (unpaired) electrons. The predicted octanol–water partition coefficient (Wildman–Crippen LogP) is 3.79. The van der Waals surface area contributed by atoms with Crippen molar-refractivity contribution in [2.24, 2.45) is 0 Å². The number of carbonyl (C=O) groups is 3. The van der Waals surface area contributed by atoms with Crippen molar-refractivity contribution >= 4 is 52.4 Å². The minimum Gasteiger partial charge on any atom is -0.481 e. The summed E-state index contributed by atoms with van der Waals surface area (Å²) < 4.78 is 0. The smallest absolute Gasteiger partial charge is 0.305 e. The topological polar surface area (TPSA) is 83.5 Å². The van der Waals surface area contributed by atoms with Crippen molar-refractivity contribution in [3.05, 3.63) is 56.7 Å². The molecule has 26 heavy (non-hydrogen) atoms. The van der Waals surface area contributed by atoms with Gasteiger partial charge in [0.1, 0.15) is 0 Å². The number of aliphatic carboxylic acids is 1. The number of hydrogen-bond acceptors (Lipinski definition) is 5. The molecule has 0 aliphatic rings. The standard InChI is InChI=1S/C18H18ClNO4S2/c1-11-6-7-16(26-11)18(24)20-14(8-17(22)23)15(21)10-25-9-12-4-2-3-5-13(12)19/h2-7,14H,8-10H2,1H3,(H,20,24)(H,22,23)/t14-/m0/s1. The third-order valence-corrected chi connectivity index (χ3v) is 5.87. The molecule has 1 amide bonds. The van der Waals surface area contributed by atoms with Gasteiger partial charge in [-0.3, -0.25) is 14.4 Å². The van der Waals surface area contributed by atoms with Crippen LogP contribution < -0.4 is 5.32 Å². The molecule has 1 atom stereocenters. The number of carboxylic acid groups (broad SMARTS) is 1. The first kappa shape index (κ1) is 20.5. The van der Waals surface area contributed by atoms with Gasteiger partial charge in [-0.2, -0.15) is 0 Å². The van der Waals surface area contributed by atoms with Gasteiger partial charge in [0.05, 0.1) is 23.1 Å². The van der Waals surface area contributed by atoms with Gasteiger partial charge < -0.3 is 10.4 Å². The quantitative estimate of drug-likeness (QED) is 0.656. The van der Waals surface area contributed by atoms with Gasteiger partial charge in [-0.25, -0.2) is 0 Å². The van der Waals surface area contributed by atoms with Gasteiger partial charge in [-0.05, 0) is 30.7 Å². The molecule has 1 aromatic heterocycles. The summed E-state index contributed by atoms with van der Waals surface area (Å²) in [6.07, 6.45) is -0.443. The van der Waals surface area contributed by atoms with Crippen molar-refractivity contribution in [3.63, 3.8) is 0 Å². The maximum absolute atomic E-state index is 12.4. The van der Waals surface area contributed by atoms with E-state index in [0.29, 0.717) is 15.7 Å². The maximum Gasteiger partial charge on any atom is 0.305 e. The molecule has 1 heterocycles. The number of thiophene rings is 1. The third kappa shape index (κ3) is 6.16. The van der Waals surface area contributed by atoms with Crippen molar-refractivity contribution in [1.82, 2.24) is 5.32 Å². The summed E-state index contributed by atoms with van der Waals surface area (Å²) in [5.74, 6) is -1.28. The Morgan fingerprint density at radius 2 is 1.96 bits per heavy atom. The van der Waals surface area contributed by atoms with Gasteiger partial charge in [0.25, 0.3) is 5.91 Å². The first-order valence-corrected chi connectivity index (χ1v) is 10.1. The zero-order valence-corrected chi connectivity index (χ0v) is 16.4. The Balaban J connectivity index is 1.94. The molecule has 0 aliphatic heterocycles. The number of carboxylic acids is 1. The fourth-order valence-electron chi connectivity index (χ4n) is 2.18. The van der Waals surface area contributed by atoms with E-state index >= 15 is 0 Å². The molecule has 2 aromatic rings. The predicted molar refractivity (Wildman–Crippen MR) is 105 cm³/mol. The molecule has 0 unspecified atom stereocenters. The number of aryl methyl sites for hydroxylation is 1. The van der Waals surface area contributed by atoms with Crippen molar-refractivity contribution in [1.29, 1.82) is 0 Å². The van der Waals surface area contributed by atoms with Crippen molar-refractivity contribution in [2.45, 2.75) is 25.1 Å². The summed E-state index contributed by atoms with van der Waals surface area (Å²) in [7, 11) is 0. The molecule has 8 heteroatoms. The number of amides is 1. The van der Waals surface area contributed by atoms with Gasteiger partial charge >= 0.3 is 5.97 Å². The second-order valence-corrected chi connectivity index (χ2v) is 8.27. The number of nitrogens with one attached hydrogen (secondary N) is 1. The monoisotopic (exact) mass is 411 g/mol. The molecule has 5 nitrogen and oxygen atoms in total. The van der Waals surface area contributed by atoms with E-state index < -0.39 is 24.3 Å². The Morgan fingerprint density at radius 1 is 1.23 bits per heavy atom. The van der Waals surface area contributed by atoms with Crippen LogP contribution in [0.1, 0.15) is 26.5 Å². The highest BCUT2D eigenvalue weighted by atomic mass is 35.5. The van der Waals surface area contributed by atoms with Gasteiger partial charge in [0, 0.05) is 15.7 Å². The summed E-state index contributed by atoms with van der Waals surface area (Å²) >= 11 is 8.71. The van der Waals surface area contributed by atoms with Crippen LogP contribution in [0.5, 0.6) is 0 Å². The van der Waals surface area contributed by atoms with E-state index in [2.05, 4.69) is 5.32 Å². The molecule has 0 bridgehead atoms. The Hall–Kier alpha value is -1.83. The van der Waals surface area contributed by atoms with Crippen LogP contribution >= 0.6 is 34.7 Å². The van der Waals surface area contributed by atoms with Crippen LogP contribution in [-0.4, -0.2) is 34.6 Å². The Bertz CT molecular complexity index is 806. The molecular formula is C18H18ClNO4S2. The fraction of sp³-hybridized carbons (Fsp3) is 0.278. The summed E-state index contributed by atoms with van der Waals surface area (Å²) in [6.45, 7) is 1.87. The van der Waals surface area contributed by atoms with Gasteiger partial charge in [-0.1, -0.05) is 29.8 Å². The number of hydrogen-bond donors (Lipinski definition) is 2. The second-order valence-electron chi connectivity index (χ2n) is 5.58. The average molecular weight is 412 g/mol. The minimum atomic E-state index is -1.14. The molecular weight excluding hydrogens is 394 g/mol. The molecule has 2 N–H and O–H groups in total. The van der Waals surface area contributed by atoms with E-state index in [-0.39, 0.29) is 11.5 Å². The normalized spacial score (nSPS) is 11.8. The number of carbonyl (C=O) groups excluding carboxylic acids is 2. The molecule has 2 rings (SSSR count). The Kier molecular flexibility index (Phi) is 7.68. The van der Waals surface area contributed by atoms with Crippen molar-refractivity contribution in [3.8, 4) is 0 Å². The highest BCUT2D eigenvalue weighted by Crippen LogP contribution is 2.21. The molecule has 138 valence electrons. The average Bonchev–Trinajstić information content (AvgIpc) is 3.02. The first-order chi connectivity index (χ1) is 12.4. The van der Waals surface area contributed by atoms with Crippen LogP contribution in [0.4, 0.5) is 0 Å². The van der Waals surface area contributed by atoms with Crippen molar-refractivity contribution in [2.75, 3.05) is 5.75 Å². The van der Waals surface area contributed by atoms with Gasteiger partial charge in [-0.15, -0.1) is 23.1 Å². The van der Waals surface area contributed by atoms with Crippen LogP contribution in [0, 0.1) is 6.92 Å². The lowest BCUT2D eigenvalue weighted by molar-refractivity contribution is -0.139. The highest BCUT2D eigenvalue weighted by molar-refractivity contribution is 7.99. The van der Waals surface area contributed by atoms with Crippen LogP contribution in [0.25, 0.3) is 0 Å². The summed E-state index contributed by atoms with van der Waals surface area (Å²) in [5.41, 5.74) is 0.903. The summed E-state index contributed by atoms with van der Waals surface area (Å²) in [5, 5.41) is 12.2. The number of benzene rings is 1. The lowest BCUT2D eigenvalue weighted by Gasteiger charge is -2.15. The Labute approximate surface area is 164 Å². The molecule has 0 saturated carbocycles. The van der Waals surface area contributed by atoms with Crippen LogP contribution in [-0.2, 0) is 15.3 Å². The lowest BCUT2D eigenvalue weighted by atomic mass is 10.1. The van der Waals surface area contributed by atoms with E-state index in [1.165, 1.54) is 23.1 Å². The van der Waals surface area contributed by atoms with Crippen LogP contribution in [0.3, 0.4) is 0 Å². The van der Waals surface area contributed by atoms with Crippen LogP contribution in [0.15, 0.2) is 36.4 Å². The zero-order valence-electron chi connectivity index (χ0n) is 14.0. The number of halogens is 1. The number of thioether (sulfide) groups is 1. The summed E-state index contributed by atoms with van der Waals surface area (Å²) in [6, 6.07) is 9.73. The van der Waals surface area contributed by atoms with E-state index in [1.807, 2.05) is 25.1 Å². The van der Waals surface area contributed by atoms with Gasteiger partial charge in [0.15, 0.2) is 5.78 Å². The minimum absolute atomic E-state index is 0.0902. The van der Waals surface area contributed by atoms with Gasteiger partial charge in [0.2, 0.25) is 0 Å². The van der Waals surface area contributed by atoms with E-state index in [9.17, 15) is 14.4 Å². The molecule has 1 aromatic carbocycles. The highest BCUT2D eigenvalue weighted by Gasteiger charge is 2.24. The SMILES string of the molecule is Cc1ccc(C(=O)N[C@@H](CC(=O)O)C(=O)CSCc2ccccc2Cl)s1. The maximum atomic E-state index is 12.4. The second kappa shape index (κ2) is 9.75. The molecule has 0 saturated heterocycles. The number of Topliss-reactive ketones (excluding diaryl/α,β-unsaturated/α-hetero) is 1. The molecule has 0 aliphatic carbocycles. The third-order valence-electron chi connectivity index (χ3n) is 3.50. The Morgan fingerprint density at radius 3 is 2.58 bits per heavy atom. The van der Waals surface area contributed by atoms with Crippen molar-refractivity contribution < 1.29 is 19.5 Å². The largest absolute Gasteiger partial charge is 0.481 e. The summed E-state index contributed by atoms with van der Waals surface area (Å²) in [4.78, 5) is 37.1. The number of ketones is 1. The fourth-order valence-corrected chi connectivity index (χ4v) is 4.21. The van der Waals surface area contributed by atoms with Crippen LogP contribution in [0.2, 0.25) is 5.02 Å². The van der Waals surface area contributed by atoms with E-state index in [0.717, 1.165) is 10.4 Å². The van der Waals surface area contributed by atoms with E-state index in [4.69, 9.17) is 16.7 Å². The zero-order chi connectivity index (χ0) is 19.1. The lowest BCUT2D eigenvalue weighted by Crippen LogP contribution is -2.43. The number of rotatable bonds is 9. The molecule has 0 fully saturated rings. The van der Waals surface area contributed by atoms with E-state index in [1.54, 1.807) is 18.2 Å². The first-order valence-electron chi connectivity index (χ1n) is 7.79. The molecule has 0 spiro atoms.